The molecule has 0 amide bonds. The van der Waals surface area contributed by atoms with Crippen molar-refractivity contribution in [1.29, 1.82) is 0 Å². The van der Waals surface area contributed by atoms with Crippen molar-refractivity contribution in [3.63, 3.8) is 0 Å². The van der Waals surface area contributed by atoms with E-state index in [-0.39, 0.29) is 0 Å². The quantitative estimate of drug-likeness (QED) is 0.726. The number of nitrogens with one attached hydrogen (secondary N) is 1. The lowest BCUT2D eigenvalue weighted by Gasteiger charge is -2.22. The number of halogens is 1. The van der Waals surface area contributed by atoms with E-state index in [9.17, 15) is 8.42 Å². The molecule has 0 bridgehead atoms. The molecule has 4 heterocycles. The molecular weight excluding hydrogens is 386 g/mol. The van der Waals surface area contributed by atoms with Crippen molar-refractivity contribution in [3.8, 4) is 0 Å². The zero-order chi connectivity index (χ0) is 18.6. The van der Waals surface area contributed by atoms with Crippen LogP contribution in [-0.4, -0.2) is 53.9 Å². The van der Waals surface area contributed by atoms with Crippen molar-refractivity contribution in [2.45, 2.75) is 4.90 Å². The Morgan fingerprint density at radius 1 is 1.04 bits per heavy atom. The number of H-pyrrole nitrogens is 1. The highest BCUT2D eigenvalue weighted by Gasteiger charge is 2.44. The highest BCUT2D eigenvalue weighted by molar-refractivity contribution is 7.89. The number of pyridine rings is 1. The Labute approximate surface area is 162 Å². The molecule has 3 aromatic rings. The van der Waals surface area contributed by atoms with Gasteiger partial charge in [0.1, 0.15) is 5.82 Å². The number of hydrogen-bond acceptors (Lipinski definition) is 5. The summed E-state index contributed by atoms with van der Waals surface area (Å²) in [6.07, 6.45) is 3.22. The minimum Gasteiger partial charge on any atom is -0.356 e. The van der Waals surface area contributed by atoms with Crippen LogP contribution >= 0.6 is 11.6 Å². The van der Waals surface area contributed by atoms with Crippen molar-refractivity contribution in [2.75, 3.05) is 31.1 Å². The molecule has 7 nitrogen and oxygen atoms in total. The standard InChI is InChI=1S/C18H18ClN5O2S/c19-14-1-4-18(20-6-14)23-7-12-9-24(10-13(12)8-23)27(25,26)15-2-3-16-17(5-15)22-11-21-16/h1-6,11-13H,7-10H2,(H,21,22). The summed E-state index contributed by atoms with van der Waals surface area (Å²) in [6, 6.07) is 8.79. The molecule has 2 unspecified atom stereocenters. The van der Waals surface area contributed by atoms with Gasteiger partial charge < -0.3 is 9.88 Å². The van der Waals surface area contributed by atoms with Crippen LogP contribution in [0.2, 0.25) is 5.02 Å². The SMILES string of the molecule is O=S(=O)(c1ccc2nc[nH]c2c1)N1CC2CN(c3ccc(Cl)cn3)CC2C1. The van der Waals surface area contributed by atoms with E-state index in [1.807, 2.05) is 12.1 Å². The molecule has 2 atom stereocenters. The maximum Gasteiger partial charge on any atom is 0.243 e. The molecule has 0 spiro atoms. The topological polar surface area (TPSA) is 82.2 Å². The maximum absolute atomic E-state index is 13.1. The van der Waals surface area contributed by atoms with E-state index in [1.54, 1.807) is 35.0 Å². The van der Waals surface area contributed by atoms with Crippen LogP contribution in [0.15, 0.2) is 47.8 Å². The molecule has 2 saturated heterocycles. The van der Waals surface area contributed by atoms with Gasteiger partial charge in [0.25, 0.3) is 0 Å². The zero-order valence-electron chi connectivity index (χ0n) is 14.4. The molecule has 0 saturated carbocycles. The molecule has 1 N–H and O–H groups in total. The lowest BCUT2D eigenvalue weighted by Crippen LogP contribution is -2.33. The highest BCUT2D eigenvalue weighted by atomic mass is 35.5. The van der Waals surface area contributed by atoms with Crippen molar-refractivity contribution in [1.82, 2.24) is 19.3 Å². The number of hydrogen-bond donors (Lipinski definition) is 1. The molecule has 140 valence electrons. The smallest absolute Gasteiger partial charge is 0.243 e. The van der Waals surface area contributed by atoms with Gasteiger partial charge in [0.05, 0.1) is 27.3 Å². The number of benzene rings is 1. The van der Waals surface area contributed by atoms with Gasteiger partial charge in [0.2, 0.25) is 10.0 Å². The third kappa shape index (κ3) is 2.88. The molecule has 2 aliphatic rings. The monoisotopic (exact) mass is 403 g/mol. The maximum atomic E-state index is 13.1. The largest absolute Gasteiger partial charge is 0.356 e. The van der Waals surface area contributed by atoms with Gasteiger partial charge in [0.15, 0.2) is 0 Å². The van der Waals surface area contributed by atoms with Crippen LogP contribution in [0.1, 0.15) is 0 Å². The first-order valence-corrected chi connectivity index (χ1v) is 10.6. The first-order valence-electron chi connectivity index (χ1n) is 8.80. The number of sulfonamides is 1. The second-order valence-electron chi connectivity index (χ2n) is 7.16. The fraction of sp³-hybridized carbons (Fsp3) is 0.333. The Balaban J connectivity index is 1.33. The van der Waals surface area contributed by atoms with Gasteiger partial charge in [-0.2, -0.15) is 4.31 Å². The summed E-state index contributed by atoms with van der Waals surface area (Å²) in [5, 5.41) is 0.615. The van der Waals surface area contributed by atoms with E-state index in [0.717, 1.165) is 29.9 Å². The van der Waals surface area contributed by atoms with E-state index >= 15 is 0 Å². The molecule has 1 aromatic carbocycles. The van der Waals surface area contributed by atoms with Crippen LogP contribution in [0.5, 0.6) is 0 Å². The normalized spacial score (nSPS) is 23.2. The van der Waals surface area contributed by atoms with E-state index < -0.39 is 10.0 Å². The van der Waals surface area contributed by atoms with Crippen molar-refractivity contribution in [2.24, 2.45) is 11.8 Å². The average Bonchev–Trinajstić information content (AvgIpc) is 3.36. The second-order valence-corrected chi connectivity index (χ2v) is 9.54. The number of aromatic nitrogens is 3. The molecule has 9 heteroatoms. The number of imidazole rings is 1. The van der Waals surface area contributed by atoms with E-state index in [0.29, 0.717) is 34.8 Å². The van der Waals surface area contributed by atoms with Crippen LogP contribution in [-0.2, 0) is 10.0 Å². The van der Waals surface area contributed by atoms with Gasteiger partial charge >= 0.3 is 0 Å². The Hall–Kier alpha value is -2.16. The molecule has 5 rings (SSSR count). The lowest BCUT2D eigenvalue weighted by molar-refractivity contribution is 0.453. The third-order valence-corrected chi connectivity index (χ3v) is 7.57. The Bertz CT molecular complexity index is 1080. The zero-order valence-corrected chi connectivity index (χ0v) is 16.0. The van der Waals surface area contributed by atoms with Crippen molar-refractivity contribution < 1.29 is 8.42 Å². The lowest BCUT2D eigenvalue weighted by atomic mass is 10.0. The van der Waals surface area contributed by atoms with Crippen LogP contribution in [0, 0.1) is 11.8 Å². The fourth-order valence-corrected chi connectivity index (χ4v) is 5.80. The summed E-state index contributed by atoms with van der Waals surface area (Å²) >= 11 is 5.91. The molecule has 27 heavy (non-hydrogen) atoms. The fourth-order valence-electron chi connectivity index (χ4n) is 4.11. The highest BCUT2D eigenvalue weighted by Crippen LogP contribution is 2.36. The van der Waals surface area contributed by atoms with Gasteiger partial charge in [0, 0.05) is 32.4 Å². The number of aromatic amines is 1. The molecule has 0 radical (unpaired) electrons. The molecular formula is C18H18ClN5O2S. The predicted molar refractivity (Wildman–Crippen MR) is 103 cm³/mol. The summed E-state index contributed by atoms with van der Waals surface area (Å²) in [5.74, 6) is 1.52. The summed E-state index contributed by atoms with van der Waals surface area (Å²) in [4.78, 5) is 14.0. The minimum atomic E-state index is -3.50. The summed E-state index contributed by atoms with van der Waals surface area (Å²) in [6.45, 7) is 2.70. The molecule has 2 fully saturated rings. The van der Waals surface area contributed by atoms with Crippen LogP contribution in [0.4, 0.5) is 5.82 Å². The molecule has 2 aromatic heterocycles. The number of nitrogens with zero attached hydrogens (tertiary/aromatic N) is 4. The summed E-state index contributed by atoms with van der Waals surface area (Å²) in [5.41, 5.74) is 1.49. The van der Waals surface area contributed by atoms with Gasteiger partial charge in [-0.1, -0.05) is 11.6 Å². The molecule has 0 aliphatic carbocycles. The van der Waals surface area contributed by atoms with Gasteiger partial charge in [-0.05, 0) is 42.2 Å². The number of rotatable bonds is 3. The summed E-state index contributed by atoms with van der Waals surface area (Å²) in [7, 11) is -3.50. The number of fused-ring (bicyclic) bond motifs is 2. The van der Waals surface area contributed by atoms with E-state index in [4.69, 9.17) is 11.6 Å². The van der Waals surface area contributed by atoms with Gasteiger partial charge in [-0.3, -0.25) is 0 Å². The van der Waals surface area contributed by atoms with Gasteiger partial charge in [-0.25, -0.2) is 18.4 Å². The Kier molecular flexibility index (Phi) is 3.89. The first kappa shape index (κ1) is 17.0. The van der Waals surface area contributed by atoms with Crippen molar-refractivity contribution >= 4 is 38.5 Å². The summed E-state index contributed by atoms with van der Waals surface area (Å²) < 4.78 is 27.8. The minimum absolute atomic E-state index is 0.313. The predicted octanol–water partition coefficient (Wildman–Crippen LogP) is 2.37. The Morgan fingerprint density at radius 3 is 2.52 bits per heavy atom. The second kappa shape index (κ2) is 6.19. The Morgan fingerprint density at radius 2 is 1.81 bits per heavy atom. The first-order chi connectivity index (χ1) is 13.0. The third-order valence-electron chi connectivity index (χ3n) is 5.52. The van der Waals surface area contributed by atoms with Crippen LogP contribution in [0.25, 0.3) is 11.0 Å². The number of anilines is 1. The van der Waals surface area contributed by atoms with Crippen molar-refractivity contribution in [3.05, 3.63) is 47.9 Å². The molecule has 2 aliphatic heterocycles. The van der Waals surface area contributed by atoms with Crippen LogP contribution in [0.3, 0.4) is 0 Å². The van der Waals surface area contributed by atoms with Crippen LogP contribution < -0.4 is 4.90 Å². The van der Waals surface area contributed by atoms with E-state index in [1.165, 1.54) is 0 Å². The average molecular weight is 404 g/mol. The van der Waals surface area contributed by atoms with Gasteiger partial charge in [-0.15, -0.1) is 0 Å². The van der Waals surface area contributed by atoms with E-state index in [2.05, 4.69) is 19.9 Å².